The first-order chi connectivity index (χ1) is 11.9. The van der Waals surface area contributed by atoms with Crippen LogP contribution in [0.3, 0.4) is 0 Å². The molecule has 2 aromatic rings. The maximum absolute atomic E-state index is 12.1. The van der Waals surface area contributed by atoms with Crippen molar-refractivity contribution in [2.75, 3.05) is 13.7 Å². The van der Waals surface area contributed by atoms with Gasteiger partial charge in [0.25, 0.3) is 0 Å². The average molecular weight is 357 g/mol. The molecule has 1 aliphatic heterocycles. The molecule has 1 atom stereocenters. The summed E-state index contributed by atoms with van der Waals surface area (Å²) in [6.07, 6.45) is 1.32. The second-order valence-electron chi connectivity index (χ2n) is 6.51. The van der Waals surface area contributed by atoms with Crippen molar-refractivity contribution in [3.8, 4) is 16.9 Å². The van der Waals surface area contributed by atoms with Gasteiger partial charge >= 0.3 is 0 Å². The Morgan fingerprint density at radius 1 is 1.36 bits per heavy atom. The molecule has 1 fully saturated rings. The van der Waals surface area contributed by atoms with Gasteiger partial charge in [-0.05, 0) is 48.1 Å². The van der Waals surface area contributed by atoms with Crippen molar-refractivity contribution in [1.29, 1.82) is 5.41 Å². The zero-order chi connectivity index (χ0) is 18.0. The van der Waals surface area contributed by atoms with E-state index in [9.17, 15) is 4.79 Å². The van der Waals surface area contributed by atoms with E-state index < -0.39 is 5.54 Å². The van der Waals surface area contributed by atoms with Crippen molar-refractivity contribution in [1.82, 2.24) is 10.2 Å². The lowest BCUT2D eigenvalue weighted by molar-refractivity contribution is -0.129. The number of nitrogens with one attached hydrogen (secondary N) is 2. The van der Waals surface area contributed by atoms with Gasteiger partial charge in [0.15, 0.2) is 5.96 Å². The molecular weight excluding hydrogens is 334 g/mol. The SMILES string of the molecule is CCCOc1cccc(-c2csc(C3(C)CC(=O)N(C)C(=N)N3)c2)c1. The second-order valence-corrected chi connectivity index (χ2v) is 7.42. The summed E-state index contributed by atoms with van der Waals surface area (Å²) in [6, 6.07) is 10.2. The molecule has 1 amide bonds. The first-order valence-electron chi connectivity index (χ1n) is 8.38. The Balaban J connectivity index is 1.85. The molecule has 132 valence electrons. The molecule has 1 saturated heterocycles. The fraction of sp³-hybridized carbons (Fsp3) is 0.368. The van der Waals surface area contributed by atoms with Gasteiger partial charge in [-0.25, -0.2) is 0 Å². The summed E-state index contributed by atoms with van der Waals surface area (Å²) >= 11 is 1.61. The third-order valence-electron chi connectivity index (χ3n) is 4.39. The first-order valence-corrected chi connectivity index (χ1v) is 9.26. The Hall–Kier alpha value is -2.34. The van der Waals surface area contributed by atoms with E-state index in [0.717, 1.165) is 28.2 Å². The fourth-order valence-corrected chi connectivity index (χ4v) is 3.88. The topological polar surface area (TPSA) is 65.4 Å². The largest absolute Gasteiger partial charge is 0.494 e. The van der Waals surface area contributed by atoms with Gasteiger partial charge in [-0.1, -0.05) is 19.1 Å². The number of carbonyl (C=O) groups is 1. The Kier molecular flexibility index (Phi) is 4.81. The number of rotatable bonds is 5. The summed E-state index contributed by atoms with van der Waals surface area (Å²) in [4.78, 5) is 14.6. The van der Waals surface area contributed by atoms with Crippen molar-refractivity contribution in [3.05, 3.63) is 40.6 Å². The van der Waals surface area contributed by atoms with Crippen LogP contribution in [0.5, 0.6) is 5.75 Å². The highest BCUT2D eigenvalue weighted by molar-refractivity contribution is 7.10. The van der Waals surface area contributed by atoms with Crippen LogP contribution in [0.15, 0.2) is 35.7 Å². The Bertz CT molecular complexity index is 781. The van der Waals surface area contributed by atoms with Gasteiger partial charge in [-0.15, -0.1) is 11.3 Å². The summed E-state index contributed by atoms with van der Waals surface area (Å²) in [7, 11) is 1.62. The minimum atomic E-state index is -0.542. The number of ether oxygens (including phenoxy) is 1. The quantitative estimate of drug-likeness (QED) is 0.855. The molecule has 1 aromatic carbocycles. The van der Waals surface area contributed by atoms with E-state index in [1.807, 2.05) is 25.1 Å². The predicted molar refractivity (Wildman–Crippen MR) is 101 cm³/mol. The molecule has 3 rings (SSSR count). The highest BCUT2D eigenvalue weighted by Crippen LogP contribution is 2.36. The number of nitrogens with zero attached hydrogens (tertiary/aromatic N) is 1. The number of amides is 1. The molecule has 1 unspecified atom stereocenters. The Morgan fingerprint density at radius 3 is 2.88 bits per heavy atom. The summed E-state index contributed by atoms with van der Waals surface area (Å²) < 4.78 is 5.71. The van der Waals surface area contributed by atoms with Gasteiger partial charge in [0.1, 0.15) is 5.75 Å². The third-order valence-corrected chi connectivity index (χ3v) is 5.59. The molecule has 2 N–H and O–H groups in total. The molecule has 0 bridgehead atoms. The summed E-state index contributed by atoms with van der Waals surface area (Å²) in [6.45, 7) is 4.77. The van der Waals surface area contributed by atoms with Crippen LogP contribution in [-0.2, 0) is 10.3 Å². The molecule has 6 heteroatoms. The lowest BCUT2D eigenvalue weighted by Gasteiger charge is -2.38. The number of hydrogen-bond donors (Lipinski definition) is 2. The normalized spacial score (nSPS) is 20.5. The summed E-state index contributed by atoms with van der Waals surface area (Å²) in [5.41, 5.74) is 1.65. The van der Waals surface area contributed by atoms with Crippen molar-refractivity contribution < 1.29 is 9.53 Å². The predicted octanol–water partition coefficient (Wildman–Crippen LogP) is 3.81. The third kappa shape index (κ3) is 3.54. The van der Waals surface area contributed by atoms with Crippen LogP contribution in [0, 0.1) is 5.41 Å². The molecule has 0 radical (unpaired) electrons. The minimum Gasteiger partial charge on any atom is -0.494 e. The number of carbonyl (C=O) groups excluding carboxylic acids is 1. The monoisotopic (exact) mass is 357 g/mol. The standard InChI is InChI=1S/C19H23N3O2S/c1-4-8-24-15-7-5-6-13(9-15)14-10-16(25-12-14)19(2)11-17(23)22(3)18(20)21-19/h5-7,9-10,12H,4,8,11H2,1-3H3,(H2,20,21). The average Bonchev–Trinajstić information content (AvgIpc) is 3.09. The molecule has 25 heavy (non-hydrogen) atoms. The first kappa shape index (κ1) is 17.5. The van der Waals surface area contributed by atoms with Crippen LogP contribution in [0.1, 0.15) is 31.6 Å². The molecule has 0 saturated carbocycles. The van der Waals surface area contributed by atoms with E-state index in [4.69, 9.17) is 10.1 Å². The van der Waals surface area contributed by atoms with Crippen LogP contribution in [0.25, 0.3) is 11.1 Å². The smallest absolute Gasteiger partial charge is 0.231 e. The highest BCUT2D eigenvalue weighted by atomic mass is 32.1. The fourth-order valence-electron chi connectivity index (χ4n) is 2.85. The Labute approximate surface area is 152 Å². The molecule has 1 aliphatic rings. The molecule has 0 aliphatic carbocycles. The number of hydrogen-bond acceptors (Lipinski definition) is 4. The van der Waals surface area contributed by atoms with Crippen molar-refractivity contribution in [3.63, 3.8) is 0 Å². The van der Waals surface area contributed by atoms with Crippen LogP contribution in [0.2, 0.25) is 0 Å². The van der Waals surface area contributed by atoms with Gasteiger partial charge in [0.05, 0.1) is 18.6 Å². The lowest BCUT2D eigenvalue weighted by atomic mass is 9.92. The van der Waals surface area contributed by atoms with Crippen molar-refractivity contribution >= 4 is 23.2 Å². The van der Waals surface area contributed by atoms with E-state index >= 15 is 0 Å². The summed E-state index contributed by atoms with van der Waals surface area (Å²) in [5, 5.41) is 13.2. The molecule has 2 heterocycles. The number of guanidine groups is 1. The molecule has 0 spiro atoms. The zero-order valence-electron chi connectivity index (χ0n) is 14.8. The summed E-state index contributed by atoms with van der Waals surface area (Å²) in [5.74, 6) is 0.965. The Morgan fingerprint density at radius 2 is 2.16 bits per heavy atom. The second kappa shape index (κ2) is 6.88. The van der Waals surface area contributed by atoms with Gasteiger partial charge in [0.2, 0.25) is 5.91 Å². The van der Waals surface area contributed by atoms with Gasteiger partial charge in [0, 0.05) is 11.9 Å². The zero-order valence-corrected chi connectivity index (χ0v) is 15.6. The number of thiophene rings is 1. The van der Waals surface area contributed by atoms with Crippen LogP contribution in [0.4, 0.5) is 0 Å². The minimum absolute atomic E-state index is 0.0452. The van der Waals surface area contributed by atoms with E-state index in [1.165, 1.54) is 4.90 Å². The van der Waals surface area contributed by atoms with E-state index in [2.05, 4.69) is 29.8 Å². The molecule has 1 aromatic heterocycles. The van der Waals surface area contributed by atoms with Gasteiger partial charge in [-0.2, -0.15) is 0 Å². The lowest BCUT2D eigenvalue weighted by Crippen LogP contribution is -2.57. The molecular formula is C19H23N3O2S. The van der Waals surface area contributed by atoms with Gasteiger partial charge in [-0.3, -0.25) is 15.1 Å². The highest BCUT2D eigenvalue weighted by Gasteiger charge is 2.38. The number of benzene rings is 1. The van der Waals surface area contributed by atoms with Gasteiger partial charge < -0.3 is 10.1 Å². The molecule has 5 nitrogen and oxygen atoms in total. The van der Waals surface area contributed by atoms with Crippen molar-refractivity contribution in [2.45, 2.75) is 32.2 Å². The van der Waals surface area contributed by atoms with Crippen LogP contribution >= 0.6 is 11.3 Å². The van der Waals surface area contributed by atoms with E-state index in [-0.39, 0.29) is 11.9 Å². The maximum Gasteiger partial charge on any atom is 0.231 e. The van der Waals surface area contributed by atoms with E-state index in [0.29, 0.717) is 13.0 Å². The van der Waals surface area contributed by atoms with Crippen LogP contribution in [-0.4, -0.2) is 30.4 Å². The van der Waals surface area contributed by atoms with Crippen molar-refractivity contribution in [2.24, 2.45) is 0 Å². The van der Waals surface area contributed by atoms with E-state index in [1.54, 1.807) is 18.4 Å². The maximum atomic E-state index is 12.1. The van der Waals surface area contributed by atoms with Crippen LogP contribution < -0.4 is 10.1 Å².